The Morgan fingerprint density at radius 1 is 1.03 bits per heavy atom. The molecule has 2 aromatic carbocycles. The van der Waals surface area contributed by atoms with Crippen molar-refractivity contribution in [2.75, 3.05) is 13.2 Å². The Labute approximate surface area is 181 Å². The van der Waals surface area contributed by atoms with E-state index < -0.39 is 0 Å². The standard InChI is InChI=1S/C26H37NO3/c1-6-30-26(29)15-13-21-12-14-25(28)24(18-21)23(22-10-8-7-9-11-22)16-17-27(19(2)3)20(4)5/h7-12,14,18-20,23,28H,6,13,15-17H2,1-5H3/t23-/m1/s1. The minimum absolute atomic E-state index is 0.0914. The van der Waals surface area contributed by atoms with Crippen molar-refractivity contribution in [3.63, 3.8) is 0 Å². The number of ether oxygens (including phenoxy) is 1. The van der Waals surface area contributed by atoms with Gasteiger partial charge in [0, 0.05) is 30.0 Å². The van der Waals surface area contributed by atoms with E-state index >= 15 is 0 Å². The molecule has 0 bridgehead atoms. The fourth-order valence-corrected chi connectivity index (χ4v) is 4.10. The highest BCUT2D eigenvalue weighted by atomic mass is 16.5. The summed E-state index contributed by atoms with van der Waals surface area (Å²) in [5, 5.41) is 10.7. The smallest absolute Gasteiger partial charge is 0.306 e. The fraction of sp³-hybridized carbons (Fsp3) is 0.500. The number of phenolic OH excluding ortho intramolecular Hbond substituents is 1. The zero-order valence-electron chi connectivity index (χ0n) is 19.1. The number of carbonyl (C=O) groups excluding carboxylic acids is 1. The van der Waals surface area contributed by atoms with Crippen molar-refractivity contribution in [1.29, 1.82) is 0 Å². The normalized spacial score (nSPS) is 12.5. The average molecular weight is 412 g/mol. The summed E-state index contributed by atoms with van der Waals surface area (Å²) in [5.41, 5.74) is 3.17. The molecule has 0 aromatic heterocycles. The molecule has 2 aromatic rings. The molecular formula is C26H37NO3. The molecule has 0 aliphatic carbocycles. The van der Waals surface area contributed by atoms with Crippen molar-refractivity contribution < 1.29 is 14.6 Å². The molecule has 0 heterocycles. The summed E-state index contributed by atoms with van der Waals surface area (Å²) in [7, 11) is 0. The molecule has 0 radical (unpaired) electrons. The lowest BCUT2D eigenvalue weighted by molar-refractivity contribution is -0.143. The quantitative estimate of drug-likeness (QED) is 0.494. The van der Waals surface area contributed by atoms with Crippen LogP contribution in [0.15, 0.2) is 48.5 Å². The SMILES string of the molecule is CCOC(=O)CCc1ccc(O)c([C@H](CCN(C(C)C)C(C)C)c2ccccc2)c1. The Hall–Kier alpha value is -2.33. The third-order valence-corrected chi connectivity index (χ3v) is 5.59. The van der Waals surface area contributed by atoms with Crippen molar-refractivity contribution in [2.45, 2.75) is 71.9 Å². The molecule has 0 spiro atoms. The summed E-state index contributed by atoms with van der Waals surface area (Å²) in [6.07, 6.45) is 1.87. The van der Waals surface area contributed by atoms with E-state index in [2.05, 4.69) is 50.8 Å². The molecule has 1 N–H and O–H groups in total. The molecule has 164 valence electrons. The van der Waals surface area contributed by atoms with E-state index in [1.54, 1.807) is 6.07 Å². The van der Waals surface area contributed by atoms with Crippen LogP contribution in [0.3, 0.4) is 0 Å². The van der Waals surface area contributed by atoms with Crippen molar-refractivity contribution in [3.8, 4) is 5.75 Å². The minimum Gasteiger partial charge on any atom is -0.508 e. The molecule has 0 aliphatic rings. The Kier molecular flexibility index (Phi) is 9.38. The van der Waals surface area contributed by atoms with Crippen LogP contribution in [0, 0.1) is 0 Å². The molecule has 1 atom stereocenters. The van der Waals surface area contributed by atoms with Gasteiger partial charge in [0.15, 0.2) is 0 Å². The molecule has 0 saturated carbocycles. The number of hydrogen-bond acceptors (Lipinski definition) is 4. The summed E-state index contributed by atoms with van der Waals surface area (Å²) < 4.78 is 5.05. The molecule has 2 rings (SSSR count). The first-order valence-electron chi connectivity index (χ1n) is 11.1. The van der Waals surface area contributed by atoms with E-state index in [1.165, 1.54) is 5.56 Å². The molecule has 0 aliphatic heterocycles. The molecular weight excluding hydrogens is 374 g/mol. The van der Waals surface area contributed by atoms with Crippen molar-refractivity contribution in [1.82, 2.24) is 4.90 Å². The van der Waals surface area contributed by atoms with Crippen LogP contribution in [-0.2, 0) is 16.0 Å². The maximum absolute atomic E-state index is 11.8. The Bertz CT molecular complexity index is 778. The maximum Gasteiger partial charge on any atom is 0.306 e. The van der Waals surface area contributed by atoms with Gasteiger partial charge in [0.1, 0.15) is 5.75 Å². The second-order valence-corrected chi connectivity index (χ2v) is 8.38. The lowest BCUT2D eigenvalue weighted by atomic mass is 9.86. The van der Waals surface area contributed by atoms with Crippen LogP contribution in [0.25, 0.3) is 0 Å². The molecule has 0 fully saturated rings. The third-order valence-electron chi connectivity index (χ3n) is 5.59. The number of benzene rings is 2. The Balaban J connectivity index is 2.29. The van der Waals surface area contributed by atoms with Gasteiger partial charge in [0.25, 0.3) is 0 Å². The second-order valence-electron chi connectivity index (χ2n) is 8.38. The van der Waals surface area contributed by atoms with Gasteiger partial charge in [-0.05, 0) is 71.2 Å². The first kappa shape index (κ1) is 23.9. The van der Waals surface area contributed by atoms with E-state index in [-0.39, 0.29) is 11.9 Å². The summed E-state index contributed by atoms with van der Waals surface area (Å²) in [6.45, 7) is 12.1. The minimum atomic E-state index is -0.184. The van der Waals surface area contributed by atoms with Crippen molar-refractivity contribution in [2.24, 2.45) is 0 Å². The molecule has 30 heavy (non-hydrogen) atoms. The molecule has 4 nitrogen and oxygen atoms in total. The summed E-state index contributed by atoms with van der Waals surface area (Å²) in [4.78, 5) is 14.2. The first-order valence-corrected chi connectivity index (χ1v) is 11.1. The van der Waals surface area contributed by atoms with Crippen LogP contribution in [0.4, 0.5) is 0 Å². The lowest BCUT2D eigenvalue weighted by Gasteiger charge is -2.32. The molecule has 0 unspecified atom stereocenters. The van der Waals surface area contributed by atoms with Gasteiger partial charge in [-0.15, -0.1) is 0 Å². The van der Waals surface area contributed by atoms with Crippen LogP contribution in [0.1, 0.15) is 70.1 Å². The van der Waals surface area contributed by atoms with Gasteiger partial charge in [-0.3, -0.25) is 9.69 Å². The van der Waals surface area contributed by atoms with E-state index in [9.17, 15) is 9.90 Å². The maximum atomic E-state index is 11.8. The lowest BCUT2D eigenvalue weighted by Crippen LogP contribution is -2.38. The van der Waals surface area contributed by atoms with Gasteiger partial charge in [-0.2, -0.15) is 0 Å². The Morgan fingerprint density at radius 3 is 2.30 bits per heavy atom. The van der Waals surface area contributed by atoms with Crippen molar-refractivity contribution >= 4 is 5.97 Å². The van der Waals surface area contributed by atoms with Gasteiger partial charge in [-0.1, -0.05) is 42.5 Å². The monoisotopic (exact) mass is 411 g/mol. The molecule has 0 amide bonds. The number of aryl methyl sites for hydroxylation is 1. The number of rotatable bonds is 11. The number of carbonyl (C=O) groups is 1. The summed E-state index contributed by atoms with van der Waals surface area (Å²) in [5.74, 6) is 0.217. The van der Waals surface area contributed by atoms with Crippen LogP contribution in [-0.4, -0.2) is 41.2 Å². The second kappa shape index (κ2) is 11.8. The van der Waals surface area contributed by atoms with Crippen LogP contribution in [0.5, 0.6) is 5.75 Å². The van der Waals surface area contributed by atoms with E-state index in [0.717, 1.165) is 24.1 Å². The topological polar surface area (TPSA) is 49.8 Å². The predicted molar refractivity (Wildman–Crippen MR) is 123 cm³/mol. The average Bonchev–Trinajstić information content (AvgIpc) is 2.71. The van der Waals surface area contributed by atoms with Crippen molar-refractivity contribution in [3.05, 3.63) is 65.2 Å². The van der Waals surface area contributed by atoms with Crippen LogP contribution in [0.2, 0.25) is 0 Å². The number of nitrogens with zero attached hydrogens (tertiary/aromatic N) is 1. The fourth-order valence-electron chi connectivity index (χ4n) is 4.10. The van der Waals surface area contributed by atoms with Gasteiger partial charge < -0.3 is 9.84 Å². The number of esters is 1. The molecule has 0 saturated heterocycles. The summed E-state index contributed by atoms with van der Waals surface area (Å²) >= 11 is 0. The Morgan fingerprint density at radius 2 is 1.70 bits per heavy atom. The highest BCUT2D eigenvalue weighted by Crippen LogP contribution is 2.35. The van der Waals surface area contributed by atoms with Crippen LogP contribution >= 0.6 is 0 Å². The largest absolute Gasteiger partial charge is 0.508 e. The highest BCUT2D eigenvalue weighted by molar-refractivity contribution is 5.69. The predicted octanol–water partition coefficient (Wildman–Crippen LogP) is 5.53. The zero-order valence-corrected chi connectivity index (χ0v) is 19.1. The van der Waals surface area contributed by atoms with Gasteiger partial charge in [0.05, 0.1) is 6.61 Å². The van der Waals surface area contributed by atoms with Gasteiger partial charge >= 0.3 is 5.97 Å². The van der Waals surface area contributed by atoms with Gasteiger partial charge in [-0.25, -0.2) is 0 Å². The van der Waals surface area contributed by atoms with E-state index in [0.29, 0.717) is 37.3 Å². The van der Waals surface area contributed by atoms with E-state index in [1.807, 2.05) is 31.2 Å². The number of hydrogen-bond donors (Lipinski definition) is 1. The first-order chi connectivity index (χ1) is 14.3. The van der Waals surface area contributed by atoms with Crippen LogP contribution < -0.4 is 0 Å². The van der Waals surface area contributed by atoms with Gasteiger partial charge in [0.2, 0.25) is 0 Å². The highest BCUT2D eigenvalue weighted by Gasteiger charge is 2.21. The number of aromatic hydroxyl groups is 1. The summed E-state index contributed by atoms with van der Waals surface area (Å²) in [6, 6.07) is 17.0. The van der Waals surface area contributed by atoms with E-state index in [4.69, 9.17) is 4.74 Å². The zero-order chi connectivity index (χ0) is 22.1. The molecule has 4 heteroatoms. The number of phenols is 1. The third kappa shape index (κ3) is 6.88.